The summed E-state index contributed by atoms with van der Waals surface area (Å²) in [6.45, 7) is 6.60. The summed E-state index contributed by atoms with van der Waals surface area (Å²) in [5.41, 5.74) is 1.21. The third-order valence-electron chi connectivity index (χ3n) is 3.59. The number of phenolic OH excluding ortho intramolecular Hbond substituents is 1. The monoisotopic (exact) mass is 281 g/mol. The van der Waals surface area contributed by atoms with Crippen molar-refractivity contribution in [2.24, 2.45) is 0 Å². The SMILES string of the molecule is CCC(c1ccc(O)cc1)N(CCOC)C(C)COC. The van der Waals surface area contributed by atoms with Crippen LogP contribution >= 0.6 is 0 Å². The molecule has 0 aromatic heterocycles. The lowest BCUT2D eigenvalue weighted by Gasteiger charge is -2.36. The van der Waals surface area contributed by atoms with Crippen molar-refractivity contribution >= 4 is 0 Å². The van der Waals surface area contributed by atoms with Gasteiger partial charge in [0.1, 0.15) is 5.75 Å². The van der Waals surface area contributed by atoms with Gasteiger partial charge in [-0.25, -0.2) is 0 Å². The number of aromatic hydroxyl groups is 1. The van der Waals surface area contributed by atoms with Crippen LogP contribution in [0.1, 0.15) is 31.9 Å². The molecular formula is C16H27NO3. The molecule has 0 aliphatic carbocycles. The second-order valence-corrected chi connectivity index (χ2v) is 5.05. The first kappa shape index (κ1) is 17.0. The van der Waals surface area contributed by atoms with E-state index in [2.05, 4.69) is 18.7 Å². The molecule has 4 nitrogen and oxygen atoms in total. The molecule has 0 heterocycles. The first-order chi connectivity index (χ1) is 9.63. The highest BCUT2D eigenvalue weighted by atomic mass is 16.5. The molecule has 1 rings (SSSR count). The maximum Gasteiger partial charge on any atom is 0.115 e. The molecule has 0 radical (unpaired) electrons. The van der Waals surface area contributed by atoms with Crippen molar-refractivity contribution < 1.29 is 14.6 Å². The summed E-state index contributed by atoms with van der Waals surface area (Å²) < 4.78 is 10.5. The highest BCUT2D eigenvalue weighted by Gasteiger charge is 2.23. The lowest BCUT2D eigenvalue weighted by Crippen LogP contribution is -2.41. The van der Waals surface area contributed by atoms with E-state index in [1.54, 1.807) is 26.4 Å². The molecule has 0 amide bonds. The molecule has 0 fully saturated rings. The number of methoxy groups -OCH3 is 2. The van der Waals surface area contributed by atoms with Crippen LogP contribution in [0.5, 0.6) is 5.75 Å². The first-order valence-corrected chi connectivity index (χ1v) is 7.16. The van der Waals surface area contributed by atoms with Gasteiger partial charge in [0, 0.05) is 32.8 Å². The molecule has 1 aromatic carbocycles. The molecule has 1 aromatic rings. The van der Waals surface area contributed by atoms with Gasteiger partial charge in [0.15, 0.2) is 0 Å². The van der Waals surface area contributed by atoms with Crippen LogP contribution in [-0.2, 0) is 9.47 Å². The van der Waals surface area contributed by atoms with Crippen LogP contribution in [0.4, 0.5) is 0 Å². The van der Waals surface area contributed by atoms with E-state index in [0.29, 0.717) is 31.0 Å². The number of ether oxygens (including phenoxy) is 2. The number of nitrogens with zero attached hydrogens (tertiary/aromatic N) is 1. The lowest BCUT2D eigenvalue weighted by atomic mass is 10.0. The molecule has 20 heavy (non-hydrogen) atoms. The predicted molar refractivity (Wildman–Crippen MR) is 81.1 cm³/mol. The Balaban J connectivity index is 2.91. The van der Waals surface area contributed by atoms with Gasteiger partial charge in [-0.15, -0.1) is 0 Å². The van der Waals surface area contributed by atoms with Crippen molar-refractivity contribution in [3.63, 3.8) is 0 Å². The Kier molecular flexibility index (Phi) is 7.59. The summed E-state index contributed by atoms with van der Waals surface area (Å²) in [5.74, 6) is 0.303. The topological polar surface area (TPSA) is 41.9 Å². The van der Waals surface area contributed by atoms with E-state index in [9.17, 15) is 5.11 Å². The second-order valence-electron chi connectivity index (χ2n) is 5.05. The molecule has 4 heteroatoms. The summed E-state index contributed by atoms with van der Waals surface area (Å²) >= 11 is 0. The standard InChI is InChI=1S/C16H27NO3/c1-5-16(14-6-8-15(18)9-7-14)17(10-11-19-3)13(2)12-20-4/h6-9,13,16,18H,5,10-12H2,1-4H3. The molecule has 2 unspecified atom stereocenters. The molecule has 0 saturated heterocycles. The molecule has 0 aliphatic heterocycles. The third-order valence-corrected chi connectivity index (χ3v) is 3.59. The van der Waals surface area contributed by atoms with E-state index in [1.165, 1.54) is 5.56 Å². The molecule has 2 atom stereocenters. The zero-order valence-corrected chi connectivity index (χ0v) is 13.0. The zero-order chi connectivity index (χ0) is 15.0. The summed E-state index contributed by atoms with van der Waals surface area (Å²) in [5, 5.41) is 9.43. The van der Waals surface area contributed by atoms with Gasteiger partial charge < -0.3 is 14.6 Å². The Labute approximate surface area is 122 Å². The number of benzene rings is 1. The first-order valence-electron chi connectivity index (χ1n) is 7.16. The Bertz CT molecular complexity index is 366. The fourth-order valence-electron chi connectivity index (χ4n) is 2.58. The maximum atomic E-state index is 9.43. The van der Waals surface area contributed by atoms with Crippen LogP contribution in [0, 0.1) is 0 Å². The van der Waals surface area contributed by atoms with Crippen LogP contribution in [0.25, 0.3) is 0 Å². The Morgan fingerprint density at radius 1 is 1.15 bits per heavy atom. The second kappa shape index (κ2) is 8.95. The van der Waals surface area contributed by atoms with Crippen LogP contribution < -0.4 is 0 Å². The summed E-state index contributed by atoms with van der Waals surface area (Å²) in [4.78, 5) is 2.40. The van der Waals surface area contributed by atoms with Gasteiger partial charge in [-0.05, 0) is 31.0 Å². The van der Waals surface area contributed by atoms with E-state index in [1.807, 2.05) is 12.1 Å². The average molecular weight is 281 g/mol. The smallest absolute Gasteiger partial charge is 0.115 e. The fraction of sp³-hybridized carbons (Fsp3) is 0.625. The fourth-order valence-corrected chi connectivity index (χ4v) is 2.58. The molecule has 114 valence electrons. The van der Waals surface area contributed by atoms with Gasteiger partial charge in [0.2, 0.25) is 0 Å². The summed E-state index contributed by atoms with van der Waals surface area (Å²) in [6, 6.07) is 8.08. The van der Waals surface area contributed by atoms with Gasteiger partial charge in [-0.2, -0.15) is 0 Å². The van der Waals surface area contributed by atoms with Crippen molar-refractivity contribution in [2.45, 2.75) is 32.4 Å². The van der Waals surface area contributed by atoms with Crippen LogP contribution in [-0.4, -0.2) is 50.0 Å². The van der Waals surface area contributed by atoms with E-state index in [-0.39, 0.29) is 0 Å². The van der Waals surface area contributed by atoms with E-state index < -0.39 is 0 Å². The predicted octanol–water partition coefficient (Wildman–Crippen LogP) is 2.83. The van der Waals surface area contributed by atoms with Crippen LogP contribution in [0.2, 0.25) is 0 Å². The van der Waals surface area contributed by atoms with E-state index in [4.69, 9.17) is 9.47 Å². The molecular weight excluding hydrogens is 254 g/mol. The van der Waals surface area contributed by atoms with Gasteiger partial charge in [-0.3, -0.25) is 4.90 Å². The van der Waals surface area contributed by atoms with E-state index >= 15 is 0 Å². The minimum absolute atomic E-state index is 0.302. The van der Waals surface area contributed by atoms with Crippen LogP contribution in [0.3, 0.4) is 0 Å². The Morgan fingerprint density at radius 3 is 2.30 bits per heavy atom. The lowest BCUT2D eigenvalue weighted by molar-refractivity contribution is 0.0451. The number of hydrogen-bond donors (Lipinski definition) is 1. The highest BCUT2D eigenvalue weighted by Crippen LogP contribution is 2.27. The molecule has 0 bridgehead atoms. The maximum absolute atomic E-state index is 9.43. The minimum Gasteiger partial charge on any atom is -0.508 e. The molecule has 0 aliphatic rings. The summed E-state index contributed by atoms with van der Waals surface area (Å²) in [7, 11) is 3.45. The Hall–Kier alpha value is -1.10. The summed E-state index contributed by atoms with van der Waals surface area (Å²) in [6.07, 6.45) is 1.00. The molecule has 0 spiro atoms. The Morgan fingerprint density at radius 2 is 1.80 bits per heavy atom. The average Bonchev–Trinajstić information content (AvgIpc) is 2.45. The normalized spacial score (nSPS) is 14.4. The van der Waals surface area contributed by atoms with Crippen molar-refractivity contribution in [1.82, 2.24) is 4.90 Å². The molecule has 1 N–H and O–H groups in total. The van der Waals surface area contributed by atoms with Crippen molar-refractivity contribution in [3.05, 3.63) is 29.8 Å². The number of rotatable bonds is 9. The minimum atomic E-state index is 0.302. The highest BCUT2D eigenvalue weighted by molar-refractivity contribution is 5.28. The van der Waals surface area contributed by atoms with Crippen molar-refractivity contribution in [3.8, 4) is 5.75 Å². The quantitative estimate of drug-likeness (QED) is 0.756. The van der Waals surface area contributed by atoms with Crippen molar-refractivity contribution in [2.75, 3.05) is 34.0 Å². The van der Waals surface area contributed by atoms with E-state index in [0.717, 1.165) is 13.0 Å². The van der Waals surface area contributed by atoms with Gasteiger partial charge in [0.25, 0.3) is 0 Å². The van der Waals surface area contributed by atoms with Gasteiger partial charge in [-0.1, -0.05) is 19.1 Å². The van der Waals surface area contributed by atoms with Crippen LogP contribution in [0.15, 0.2) is 24.3 Å². The number of hydrogen-bond acceptors (Lipinski definition) is 4. The zero-order valence-electron chi connectivity index (χ0n) is 13.0. The largest absolute Gasteiger partial charge is 0.508 e. The third kappa shape index (κ3) is 4.78. The molecule has 0 saturated carbocycles. The van der Waals surface area contributed by atoms with Crippen molar-refractivity contribution in [1.29, 1.82) is 0 Å². The van der Waals surface area contributed by atoms with Gasteiger partial charge in [0.05, 0.1) is 13.2 Å². The van der Waals surface area contributed by atoms with Gasteiger partial charge >= 0.3 is 0 Å². The number of phenols is 1.